The maximum atomic E-state index is 13.2. The van der Waals surface area contributed by atoms with E-state index in [0.29, 0.717) is 5.75 Å². The third-order valence-electron chi connectivity index (χ3n) is 5.37. The molecular weight excluding hydrogens is 448 g/mol. The van der Waals surface area contributed by atoms with Gasteiger partial charge in [0.25, 0.3) is 0 Å². The number of rotatable bonds is 6. The number of hydrogen-bond acceptors (Lipinski definition) is 6. The number of fused-ring (bicyclic) bond motifs is 1. The molecule has 0 aliphatic carbocycles. The van der Waals surface area contributed by atoms with E-state index in [9.17, 15) is 13.2 Å². The summed E-state index contributed by atoms with van der Waals surface area (Å²) < 4.78 is 38.7. The van der Waals surface area contributed by atoms with E-state index in [1.165, 1.54) is 34.9 Å². The highest BCUT2D eigenvalue weighted by atomic mass is 32.2. The molecule has 1 aliphatic rings. The van der Waals surface area contributed by atoms with Crippen molar-refractivity contribution < 1.29 is 22.7 Å². The monoisotopic (exact) mass is 472 g/mol. The number of sulfonamides is 1. The molecule has 9 heteroatoms. The van der Waals surface area contributed by atoms with Crippen molar-refractivity contribution in [3.63, 3.8) is 0 Å². The fourth-order valence-electron chi connectivity index (χ4n) is 3.62. The summed E-state index contributed by atoms with van der Waals surface area (Å²) in [7, 11) is -2.25. The number of nitrogens with one attached hydrogen (secondary N) is 1. The molecule has 7 nitrogen and oxygen atoms in total. The Morgan fingerprint density at radius 1 is 1.12 bits per heavy atom. The molecule has 1 aromatic heterocycles. The van der Waals surface area contributed by atoms with Crippen molar-refractivity contribution in [2.75, 3.05) is 13.7 Å². The maximum Gasteiger partial charge on any atom is 0.408 e. The third kappa shape index (κ3) is 4.64. The van der Waals surface area contributed by atoms with Crippen LogP contribution in [-0.4, -0.2) is 32.5 Å². The second-order valence-electron chi connectivity index (χ2n) is 7.45. The lowest BCUT2D eigenvalue weighted by Gasteiger charge is -2.32. The summed E-state index contributed by atoms with van der Waals surface area (Å²) in [4.78, 5) is 13.6. The zero-order valence-corrected chi connectivity index (χ0v) is 19.4. The van der Waals surface area contributed by atoms with E-state index in [0.717, 1.165) is 16.0 Å². The molecule has 32 heavy (non-hydrogen) atoms. The first kappa shape index (κ1) is 22.3. The number of alkyl carbamates (subject to hydrolysis) is 1. The predicted octanol–water partition coefficient (Wildman–Crippen LogP) is 4.49. The number of nitrogens with zero attached hydrogens (tertiary/aromatic N) is 1. The summed E-state index contributed by atoms with van der Waals surface area (Å²) in [5.41, 5.74) is 1.79. The van der Waals surface area contributed by atoms with Gasteiger partial charge < -0.3 is 14.8 Å². The van der Waals surface area contributed by atoms with Gasteiger partial charge in [0.1, 0.15) is 5.75 Å². The first-order chi connectivity index (χ1) is 15.4. The van der Waals surface area contributed by atoms with Gasteiger partial charge in [-0.25, -0.2) is 13.2 Å². The lowest BCUT2D eigenvalue weighted by atomic mass is 10.1. The summed E-state index contributed by atoms with van der Waals surface area (Å²) in [5.74, 6) is 0.577. The number of carbonyl (C=O) groups is 1. The fourth-order valence-corrected chi connectivity index (χ4v) is 5.97. The molecule has 0 radical (unpaired) electrons. The highest BCUT2D eigenvalue weighted by Crippen LogP contribution is 2.36. The fraction of sp³-hybridized carbons (Fsp3) is 0.261. The molecule has 0 bridgehead atoms. The van der Waals surface area contributed by atoms with E-state index in [1.54, 1.807) is 12.1 Å². The van der Waals surface area contributed by atoms with Crippen LogP contribution in [0.1, 0.15) is 35.1 Å². The maximum absolute atomic E-state index is 13.2. The second-order valence-corrected chi connectivity index (χ2v) is 10.3. The number of methoxy groups -OCH3 is 1. The van der Waals surface area contributed by atoms with Gasteiger partial charge in [0.05, 0.1) is 29.5 Å². The number of thiophene rings is 1. The van der Waals surface area contributed by atoms with E-state index in [1.807, 2.05) is 48.7 Å². The molecule has 2 heterocycles. The Hall–Kier alpha value is -2.88. The Morgan fingerprint density at radius 2 is 1.84 bits per heavy atom. The molecule has 4 rings (SSSR count). The van der Waals surface area contributed by atoms with Crippen LogP contribution in [0.4, 0.5) is 4.79 Å². The highest BCUT2D eigenvalue weighted by molar-refractivity contribution is 7.89. The SMILES string of the molecule is COc1ccc(S(=O)(=O)N2Cc3ccsc3C(OC(=O)NC(C)c3ccccc3)C2)cc1. The largest absolute Gasteiger partial charge is 0.497 e. The molecule has 2 unspecified atom stereocenters. The van der Waals surface area contributed by atoms with Crippen molar-refractivity contribution >= 4 is 27.5 Å². The van der Waals surface area contributed by atoms with Crippen molar-refractivity contribution in [1.29, 1.82) is 0 Å². The van der Waals surface area contributed by atoms with E-state index in [4.69, 9.17) is 9.47 Å². The van der Waals surface area contributed by atoms with Gasteiger partial charge in [-0.2, -0.15) is 4.31 Å². The van der Waals surface area contributed by atoms with Crippen LogP contribution in [0.15, 0.2) is 70.9 Å². The van der Waals surface area contributed by atoms with Crippen molar-refractivity contribution in [2.24, 2.45) is 0 Å². The molecule has 2 aromatic carbocycles. The van der Waals surface area contributed by atoms with Gasteiger partial charge >= 0.3 is 6.09 Å². The van der Waals surface area contributed by atoms with Gasteiger partial charge in [0.2, 0.25) is 10.0 Å². The standard InChI is InChI=1S/C23H24N2O5S2/c1-16(17-6-4-3-5-7-17)24-23(26)30-21-15-25(14-18-12-13-31-22(18)21)32(27,28)20-10-8-19(29-2)9-11-20/h3-13,16,21H,14-15H2,1-2H3,(H,24,26). The smallest absolute Gasteiger partial charge is 0.408 e. The molecule has 1 N–H and O–H groups in total. The van der Waals surface area contributed by atoms with Crippen molar-refractivity contribution in [3.05, 3.63) is 82.0 Å². The van der Waals surface area contributed by atoms with Gasteiger partial charge in [0, 0.05) is 6.54 Å². The Bertz CT molecular complexity index is 1180. The van der Waals surface area contributed by atoms with Crippen LogP contribution in [0.2, 0.25) is 0 Å². The number of carbonyl (C=O) groups excluding carboxylic acids is 1. The van der Waals surface area contributed by atoms with Gasteiger partial charge in [0.15, 0.2) is 6.10 Å². The topological polar surface area (TPSA) is 84.9 Å². The molecule has 3 aromatic rings. The van der Waals surface area contributed by atoms with Crippen molar-refractivity contribution in [1.82, 2.24) is 9.62 Å². The Kier molecular flexibility index (Phi) is 6.50. The summed E-state index contributed by atoms with van der Waals surface area (Å²) in [6.07, 6.45) is -1.27. The van der Waals surface area contributed by atoms with Crippen molar-refractivity contribution in [2.45, 2.75) is 30.5 Å². The lowest BCUT2D eigenvalue weighted by Crippen LogP contribution is -2.40. The highest BCUT2D eigenvalue weighted by Gasteiger charge is 2.36. The predicted molar refractivity (Wildman–Crippen MR) is 122 cm³/mol. The summed E-state index contributed by atoms with van der Waals surface area (Å²) in [6.45, 7) is 2.15. The molecule has 0 saturated carbocycles. The summed E-state index contributed by atoms with van der Waals surface area (Å²) >= 11 is 1.46. The van der Waals surface area contributed by atoms with Crippen LogP contribution in [-0.2, 0) is 21.3 Å². The second kappa shape index (κ2) is 9.32. The zero-order valence-electron chi connectivity index (χ0n) is 17.7. The first-order valence-corrected chi connectivity index (χ1v) is 12.4. The van der Waals surface area contributed by atoms with E-state index in [-0.39, 0.29) is 24.0 Å². The number of hydrogen-bond donors (Lipinski definition) is 1. The third-order valence-corrected chi connectivity index (χ3v) is 8.25. The van der Waals surface area contributed by atoms with Gasteiger partial charge in [-0.1, -0.05) is 30.3 Å². The van der Waals surface area contributed by atoms with Crippen LogP contribution in [0.3, 0.4) is 0 Å². The molecule has 0 fully saturated rings. The van der Waals surface area contributed by atoms with E-state index in [2.05, 4.69) is 5.32 Å². The first-order valence-electron chi connectivity index (χ1n) is 10.1. The van der Waals surface area contributed by atoms with Gasteiger partial charge in [-0.15, -0.1) is 11.3 Å². The number of amides is 1. The average molecular weight is 473 g/mol. The quantitative estimate of drug-likeness (QED) is 0.571. The van der Waals surface area contributed by atoms with Gasteiger partial charge in [-0.05, 0) is 53.8 Å². The lowest BCUT2D eigenvalue weighted by molar-refractivity contribution is 0.0774. The molecule has 0 saturated heterocycles. The van der Waals surface area contributed by atoms with Crippen LogP contribution in [0.5, 0.6) is 5.75 Å². The molecule has 1 amide bonds. The van der Waals surface area contributed by atoms with E-state index >= 15 is 0 Å². The van der Waals surface area contributed by atoms with Crippen molar-refractivity contribution in [3.8, 4) is 5.75 Å². The Balaban J connectivity index is 1.51. The molecule has 168 valence electrons. The minimum absolute atomic E-state index is 0.0506. The molecule has 0 spiro atoms. The van der Waals surface area contributed by atoms with Gasteiger partial charge in [-0.3, -0.25) is 0 Å². The molecular formula is C23H24N2O5S2. The number of ether oxygens (including phenoxy) is 2. The summed E-state index contributed by atoms with van der Waals surface area (Å²) in [5, 5.41) is 4.71. The Labute approximate surface area is 191 Å². The minimum atomic E-state index is -3.77. The van der Waals surface area contributed by atoms with Crippen LogP contribution in [0, 0.1) is 0 Å². The van der Waals surface area contributed by atoms with E-state index < -0.39 is 22.2 Å². The minimum Gasteiger partial charge on any atom is -0.497 e. The Morgan fingerprint density at radius 3 is 2.53 bits per heavy atom. The molecule has 2 atom stereocenters. The summed E-state index contributed by atoms with van der Waals surface area (Å²) in [6, 6.07) is 17.4. The van der Waals surface area contributed by atoms with Crippen LogP contribution >= 0.6 is 11.3 Å². The zero-order chi connectivity index (χ0) is 22.7. The normalized spacial score (nSPS) is 17.2. The van der Waals surface area contributed by atoms with Crippen LogP contribution < -0.4 is 10.1 Å². The van der Waals surface area contributed by atoms with Crippen LogP contribution in [0.25, 0.3) is 0 Å². The average Bonchev–Trinajstić information content (AvgIpc) is 3.29. The molecule has 1 aliphatic heterocycles. The number of benzene rings is 2.